The van der Waals surface area contributed by atoms with E-state index < -0.39 is 5.60 Å². The van der Waals surface area contributed by atoms with Crippen molar-refractivity contribution in [2.45, 2.75) is 44.2 Å². The highest BCUT2D eigenvalue weighted by atomic mass is 16.3. The van der Waals surface area contributed by atoms with Gasteiger partial charge in [0.2, 0.25) is 0 Å². The van der Waals surface area contributed by atoms with Gasteiger partial charge in [0, 0.05) is 31.5 Å². The monoisotopic (exact) mass is 289 g/mol. The Kier molecular flexibility index (Phi) is 4.57. The minimum atomic E-state index is -0.538. The number of nitrogens with zero attached hydrogens (tertiary/aromatic N) is 3. The topological polar surface area (TPSA) is 39.6 Å². The van der Waals surface area contributed by atoms with Gasteiger partial charge in [0.1, 0.15) is 0 Å². The summed E-state index contributed by atoms with van der Waals surface area (Å²) in [4.78, 5) is 8.97. The van der Waals surface area contributed by atoms with Crippen LogP contribution in [0, 0.1) is 0 Å². The van der Waals surface area contributed by atoms with Gasteiger partial charge >= 0.3 is 0 Å². The van der Waals surface area contributed by atoms with Gasteiger partial charge in [-0.2, -0.15) is 0 Å². The fraction of sp³-hybridized carbons (Fsp3) is 0.706. The Hall–Kier alpha value is -0.970. The van der Waals surface area contributed by atoms with Gasteiger partial charge in [0.25, 0.3) is 0 Å². The van der Waals surface area contributed by atoms with E-state index in [9.17, 15) is 5.11 Å². The summed E-state index contributed by atoms with van der Waals surface area (Å²) in [6.07, 6.45) is 8.21. The average Bonchev–Trinajstić information content (AvgIpc) is 2.95. The summed E-state index contributed by atoms with van der Waals surface area (Å²) in [6, 6.07) is 4.69. The number of hydrogen-bond donors (Lipinski definition) is 1. The Labute approximate surface area is 127 Å². The molecule has 0 aliphatic carbocycles. The van der Waals surface area contributed by atoms with Crippen LogP contribution in [-0.4, -0.2) is 58.2 Å². The van der Waals surface area contributed by atoms with Crippen molar-refractivity contribution in [3.05, 3.63) is 30.1 Å². The molecule has 1 aromatic heterocycles. The Morgan fingerprint density at radius 2 is 2.10 bits per heavy atom. The lowest BCUT2D eigenvalue weighted by Gasteiger charge is -2.42. The smallest absolute Gasteiger partial charge is 0.0900 e. The van der Waals surface area contributed by atoms with Gasteiger partial charge in [-0.15, -0.1) is 0 Å². The zero-order valence-electron chi connectivity index (χ0n) is 13.0. The minimum absolute atomic E-state index is 0.453. The Balaban J connectivity index is 1.68. The third-order valence-corrected chi connectivity index (χ3v) is 5.03. The molecule has 3 rings (SSSR count). The molecule has 4 nitrogen and oxygen atoms in total. The SMILES string of the molecule is CCN1CCCC(O)(CN2CCCC2c2ccncc2)C1. The number of rotatable bonds is 4. The van der Waals surface area contributed by atoms with E-state index in [4.69, 9.17) is 0 Å². The molecule has 116 valence electrons. The Morgan fingerprint density at radius 1 is 1.29 bits per heavy atom. The second-order valence-electron chi connectivity index (χ2n) is 6.61. The normalized spacial score (nSPS) is 31.6. The van der Waals surface area contributed by atoms with E-state index in [1.54, 1.807) is 0 Å². The molecule has 0 spiro atoms. The first-order chi connectivity index (χ1) is 10.2. The summed E-state index contributed by atoms with van der Waals surface area (Å²) in [5.74, 6) is 0. The first-order valence-electron chi connectivity index (χ1n) is 8.29. The maximum absolute atomic E-state index is 11.0. The van der Waals surface area contributed by atoms with Gasteiger partial charge in [0.15, 0.2) is 0 Å². The van der Waals surface area contributed by atoms with E-state index in [1.807, 2.05) is 12.4 Å². The van der Waals surface area contributed by atoms with Crippen molar-refractivity contribution in [1.29, 1.82) is 0 Å². The van der Waals surface area contributed by atoms with Crippen molar-refractivity contribution in [3.8, 4) is 0 Å². The lowest BCUT2D eigenvalue weighted by atomic mass is 9.91. The van der Waals surface area contributed by atoms with Crippen molar-refractivity contribution in [3.63, 3.8) is 0 Å². The second-order valence-corrected chi connectivity index (χ2v) is 6.61. The van der Waals surface area contributed by atoms with Crippen LogP contribution in [0.15, 0.2) is 24.5 Å². The second kappa shape index (κ2) is 6.42. The molecule has 2 fully saturated rings. The van der Waals surface area contributed by atoms with Crippen molar-refractivity contribution in [1.82, 2.24) is 14.8 Å². The number of likely N-dealkylation sites (N-methyl/N-ethyl adjacent to an activating group) is 1. The summed E-state index contributed by atoms with van der Waals surface area (Å²) < 4.78 is 0. The van der Waals surface area contributed by atoms with Crippen molar-refractivity contribution >= 4 is 0 Å². The first-order valence-corrected chi connectivity index (χ1v) is 8.29. The first kappa shape index (κ1) is 14.9. The number of pyridine rings is 1. The van der Waals surface area contributed by atoms with E-state index in [0.717, 1.165) is 45.6 Å². The van der Waals surface area contributed by atoms with Gasteiger partial charge in [-0.1, -0.05) is 6.92 Å². The zero-order chi connectivity index (χ0) is 14.7. The molecule has 0 bridgehead atoms. The largest absolute Gasteiger partial charge is 0.387 e. The molecule has 2 aliphatic heterocycles. The molecule has 21 heavy (non-hydrogen) atoms. The van der Waals surface area contributed by atoms with E-state index in [-0.39, 0.29) is 0 Å². The number of aromatic nitrogens is 1. The predicted octanol–water partition coefficient (Wildman–Crippen LogP) is 2.07. The molecular formula is C17H27N3O. The maximum atomic E-state index is 11.0. The number of hydrogen-bond acceptors (Lipinski definition) is 4. The summed E-state index contributed by atoms with van der Waals surface area (Å²) >= 11 is 0. The highest BCUT2D eigenvalue weighted by Gasteiger charge is 2.37. The van der Waals surface area contributed by atoms with Gasteiger partial charge in [0.05, 0.1) is 5.60 Å². The van der Waals surface area contributed by atoms with Crippen LogP contribution in [0.2, 0.25) is 0 Å². The summed E-state index contributed by atoms with van der Waals surface area (Å²) in [6.45, 7) is 7.07. The lowest BCUT2D eigenvalue weighted by molar-refractivity contribution is -0.0545. The number of piperidine rings is 1. The van der Waals surface area contributed by atoms with Crippen LogP contribution in [0.3, 0.4) is 0 Å². The molecule has 0 amide bonds. The third kappa shape index (κ3) is 3.44. The molecule has 0 saturated carbocycles. The minimum Gasteiger partial charge on any atom is -0.387 e. The quantitative estimate of drug-likeness (QED) is 0.921. The molecule has 3 heterocycles. The van der Waals surface area contributed by atoms with E-state index in [0.29, 0.717) is 6.04 Å². The fourth-order valence-electron chi connectivity index (χ4n) is 3.96. The Bertz CT molecular complexity index is 453. The molecular weight excluding hydrogens is 262 g/mol. The van der Waals surface area contributed by atoms with Gasteiger partial charge in [-0.25, -0.2) is 0 Å². The number of likely N-dealkylation sites (tertiary alicyclic amines) is 2. The molecule has 4 heteroatoms. The van der Waals surface area contributed by atoms with E-state index >= 15 is 0 Å². The van der Waals surface area contributed by atoms with Gasteiger partial charge < -0.3 is 10.0 Å². The number of β-amino-alcohol motifs (C(OH)–C–C–N with tert-alkyl or cyclic N) is 1. The zero-order valence-corrected chi connectivity index (χ0v) is 13.0. The van der Waals surface area contributed by atoms with Crippen LogP contribution in [0.4, 0.5) is 0 Å². The van der Waals surface area contributed by atoms with Crippen LogP contribution >= 0.6 is 0 Å². The van der Waals surface area contributed by atoms with Crippen molar-refractivity contribution < 1.29 is 5.11 Å². The van der Waals surface area contributed by atoms with Crippen LogP contribution in [-0.2, 0) is 0 Å². The number of aliphatic hydroxyl groups is 1. The Morgan fingerprint density at radius 3 is 2.86 bits per heavy atom. The fourth-order valence-corrected chi connectivity index (χ4v) is 3.96. The van der Waals surface area contributed by atoms with Crippen LogP contribution < -0.4 is 0 Å². The molecule has 2 unspecified atom stereocenters. The molecule has 0 radical (unpaired) electrons. The molecule has 0 aromatic carbocycles. The molecule has 2 saturated heterocycles. The summed E-state index contributed by atoms with van der Waals surface area (Å²) in [5, 5.41) is 11.0. The molecule has 2 aliphatic rings. The molecule has 1 N–H and O–H groups in total. The van der Waals surface area contributed by atoms with Crippen molar-refractivity contribution in [2.24, 2.45) is 0 Å². The van der Waals surface area contributed by atoms with Crippen LogP contribution in [0.5, 0.6) is 0 Å². The average molecular weight is 289 g/mol. The molecule has 2 atom stereocenters. The maximum Gasteiger partial charge on any atom is 0.0900 e. The highest BCUT2D eigenvalue weighted by molar-refractivity contribution is 5.16. The van der Waals surface area contributed by atoms with Crippen molar-refractivity contribution in [2.75, 3.05) is 32.7 Å². The summed E-state index contributed by atoms with van der Waals surface area (Å²) in [5.41, 5.74) is 0.804. The van der Waals surface area contributed by atoms with E-state index in [1.165, 1.54) is 18.4 Å². The van der Waals surface area contributed by atoms with E-state index in [2.05, 4.69) is 33.8 Å². The lowest BCUT2D eigenvalue weighted by Crippen LogP contribution is -2.54. The standard InChI is InChI=1S/C17H27N3O/c1-2-19-11-4-8-17(21,13-19)14-20-12-3-5-16(20)15-6-9-18-10-7-15/h6-7,9-10,16,21H,2-5,8,11-14H2,1H3. The third-order valence-electron chi connectivity index (χ3n) is 5.03. The molecule has 1 aromatic rings. The predicted molar refractivity (Wildman–Crippen MR) is 84.1 cm³/mol. The van der Waals surface area contributed by atoms with Crippen LogP contribution in [0.1, 0.15) is 44.2 Å². The highest BCUT2D eigenvalue weighted by Crippen LogP contribution is 2.34. The van der Waals surface area contributed by atoms with Crippen LogP contribution in [0.25, 0.3) is 0 Å². The van der Waals surface area contributed by atoms with Gasteiger partial charge in [-0.05, 0) is 63.0 Å². The van der Waals surface area contributed by atoms with Gasteiger partial charge in [-0.3, -0.25) is 9.88 Å². The summed E-state index contributed by atoms with van der Waals surface area (Å²) in [7, 11) is 0.